The molecule has 0 atom stereocenters. The summed E-state index contributed by atoms with van der Waals surface area (Å²) >= 11 is 0. The van der Waals surface area contributed by atoms with E-state index in [-0.39, 0.29) is 22.7 Å². The third-order valence-corrected chi connectivity index (χ3v) is 2.81. The number of benzene rings is 1. The van der Waals surface area contributed by atoms with E-state index in [1.165, 1.54) is 24.4 Å². The average Bonchev–Trinajstić information content (AvgIpc) is 2.42. The molecule has 20 heavy (non-hydrogen) atoms. The van der Waals surface area contributed by atoms with Crippen molar-refractivity contribution in [1.29, 1.82) is 0 Å². The highest BCUT2D eigenvalue weighted by Crippen LogP contribution is 2.21. The second-order valence-electron chi connectivity index (χ2n) is 4.11. The van der Waals surface area contributed by atoms with Crippen LogP contribution in [-0.4, -0.2) is 27.1 Å². The van der Waals surface area contributed by atoms with Crippen LogP contribution in [0.1, 0.15) is 26.4 Å². The second-order valence-corrected chi connectivity index (χ2v) is 4.11. The van der Waals surface area contributed by atoms with Crippen LogP contribution in [0.4, 0.5) is 5.69 Å². The van der Waals surface area contributed by atoms with Crippen molar-refractivity contribution < 1.29 is 19.8 Å². The van der Waals surface area contributed by atoms with E-state index in [1.807, 2.05) is 0 Å². The number of pyridine rings is 1. The molecule has 1 aromatic carbocycles. The Morgan fingerprint density at radius 1 is 1.20 bits per heavy atom. The van der Waals surface area contributed by atoms with Crippen LogP contribution >= 0.6 is 0 Å². The summed E-state index contributed by atoms with van der Waals surface area (Å²) in [6.07, 6.45) is 1.33. The summed E-state index contributed by atoms with van der Waals surface area (Å²) in [7, 11) is 0. The molecule has 3 N–H and O–H groups in total. The highest BCUT2D eigenvalue weighted by molar-refractivity contribution is 6.08. The van der Waals surface area contributed by atoms with Gasteiger partial charge in [0, 0.05) is 17.3 Å². The summed E-state index contributed by atoms with van der Waals surface area (Å²) in [6, 6.07) is 7.53. The summed E-state index contributed by atoms with van der Waals surface area (Å²) in [5.41, 5.74) is 0.558. The molecule has 2 aromatic rings. The molecule has 0 fully saturated rings. The van der Waals surface area contributed by atoms with Gasteiger partial charge >= 0.3 is 5.97 Å². The minimum absolute atomic E-state index is 0.00212. The number of carboxylic acids is 1. The van der Waals surface area contributed by atoms with E-state index in [1.54, 1.807) is 19.1 Å². The number of carbonyl (C=O) groups is 2. The molecule has 0 radical (unpaired) electrons. The first-order chi connectivity index (χ1) is 9.50. The van der Waals surface area contributed by atoms with Crippen LogP contribution < -0.4 is 5.32 Å². The van der Waals surface area contributed by atoms with Gasteiger partial charge in [-0.05, 0) is 31.2 Å². The van der Waals surface area contributed by atoms with Gasteiger partial charge in [0.05, 0.1) is 5.69 Å². The van der Waals surface area contributed by atoms with E-state index in [0.717, 1.165) is 0 Å². The van der Waals surface area contributed by atoms with Gasteiger partial charge in [0.25, 0.3) is 5.91 Å². The van der Waals surface area contributed by atoms with Gasteiger partial charge < -0.3 is 15.5 Å². The monoisotopic (exact) mass is 272 g/mol. The molecule has 0 aliphatic rings. The number of phenolic OH excluding ortho intramolecular Hbond substituents is 1. The zero-order valence-electron chi connectivity index (χ0n) is 10.6. The highest BCUT2D eigenvalue weighted by Gasteiger charge is 2.16. The number of aromatic hydroxyl groups is 1. The van der Waals surface area contributed by atoms with E-state index in [4.69, 9.17) is 5.11 Å². The zero-order chi connectivity index (χ0) is 14.7. The second kappa shape index (κ2) is 5.40. The average molecular weight is 272 g/mol. The van der Waals surface area contributed by atoms with Crippen molar-refractivity contribution in [2.45, 2.75) is 6.92 Å². The van der Waals surface area contributed by atoms with Gasteiger partial charge in [-0.15, -0.1) is 0 Å². The number of phenols is 1. The van der Waals surface area contributed by atoms with Crippen LogP contribution in [0.15, 0.2) is 36.5 Å². The lowest BCUT2D eigenvalue weighted by Crippen LogP contribution is -2.16. The Labute approximate surface area is 114 Å². The first kappa shape index (κ1) is 13.5. The van der Waals surface area contributed by atoms with Crippen LogP contribution in [0, 0.1) is 6.92 Å². The lowest BCUT2D eigenvalue weighted by molar-refractivity contribution is 0.0691. The predicted molar refractivity (Wildman–Crippen MR) is 72.0 cm³/mol. The van der Waals surface area contributed by atoms with Crippen LogP contribution in [0.2, 0.25) is 0 Å². The molecule has 1 heterocycles. The van der Waals surface area contributed by atoms with Crippen LogP contribution in [0.25, 0.3) is 0 Å². The highest BCUT2D eigenvalue weighted by atomic mass is 16.4. The molecule has 1 aromatic heterocycles. The molecule has 0 spiro atoms. The zero-order valence-corrected chi connectivity index (χ0v) is 10.6. The molecule has 0 aliphatic carbocycles. The SMILES string of the molecule is Cc1c(O)cccc1C(=O)Nc1cccnc1C(=O)O. The molecule has 102 valence electrons. The largest absolute Gasteiger partial charge is 0.508 e. The van der Waals surface area contributed by atoms with E-state index in [2.05, 4.69) is 10.3 Å². The van der Waals surface area contributed by atoms with Crippen molar-refractivity contribution in [2.75, 3.05) is 5.32 Å². The van der Waals surface area contributed by atoms with Crippen molar-refractivity contribution in [3.63, 3.8) is 0 Å². The number of hydrogen-bond donors (Lipinski definition) is 3. The van der Waals surface area contributed by atoms with Crippen molar-refractivity contribution >= 4 is 17.6 Å². The Hall–Kier alpha value is -2.89. The molecule has 1 amide bonds. The maximum Gasteiger partial charge on any atom is 0.356 e. The Morgan fingerprint density at radius 3 is 2.65 bits per heavy atom. The van der Waals surface area contributed by atoms with Gasteiger partial charge in [-0.25, -0.2) is 9.78 Å². The molecule has 0 bridgehead atoms. The minimum Gasteiger partial charge on any atom is -0.508 e. The molecular weight excluding hydrogens is 260 g/mol. The standard InChI is InChI=1S/C14H12N2O4/c1-8-9(4-2-6-11(8)17)13(18)16-10-5-3-7-15-12(10)14(19)20/h2-7,17H,1H3,(H,16,18)(H,19,20). The van der Waals surface area contributed by atoms with Crippen molar-refractivity contribution in [3.05, 3.63) is 53.3 Å². The number of rotatable bonds is 3. The first-order valence-corrected chi connectivity index (χ1v) is 5.79. The Bertz CT molecular complexity index is 683. The summed E-state index contributed by atoms with van der Waals surface area (Å²) in [4.78, 5) is 26.8. The fourth-order valence-electron chi connectivity index (χ4n) is 1.74. The number of anilines is 1. The molecule has 0 saturated heterocycles. The molecule has 6 heteroatoms. The maximum atomic E-state index is 12.1. The fraction of sp³-hybridized carbons (Fsp3) is 0.0714. The quantitative estimate of drug-likeness (QED) is 0.794. The van der Waals surface area contributed by atoms with Crippen molar-refractivity contribution in [2.24, 2.45) is 0 Å². The summed E-state index contributed by atoms with van der Waals surface area (Å²) in [5.74, 6) is -1.73. The van der Waals surface area contributed by atoms with E-state index in [9.17, 15) is 14.7 Å². The predicted octanol–water partition coefficient (Wildman–Crippen LogP) is 2.05. The number of nitrogens with one attached hydrogen (secondary N) is 1. The third-order valence-electron chi connectivity index (χ3n) is 2.81. The Morgan fingerprint density at radius 2 is 1.95 bits per heavy atom. The number of nitrogens with zero attached hydrogens (tertiary/aromatic N) is 1. The van der Waals surface area contributed by atoms with Crippen LogP contribution in [0.5, 0.6) is 5.75 Å². The minimum atomic E-state index is -1.23. The van der Waals surface area contributed by atoms with Gasteiger partial charge in [-0.3, -0.25) is 4.79 Å². The Kier molecular flexibility index (Phi) is 3.65. The third kappa shape index (κ3) is 2.59. The molecule has 0 aliphatic heterocycles. The van der Waals surface area contributed by atoms with Crippen LogP contribution in [-0.2, 0) is 0 Å². The van der Waals surface area contributed by atoms with E-state index >= 15 is 0 Å². The summed E-state index contributed by atoms with van der Waals surface area (Å²) in [6.45, 7) is 1.60. The van der Waals surface area contributed by atoms with Gasteiger partial charge in [-0.1, -0.05) is 6.07 Å². The summed E-state index contributed by atoms with van der Waals surface area (Å²) < 4.78 is 0. The van der Waals surface area contributed by atoms with Gasteiger partial charge in [0.1, 0.15) is 5.75 Å². The lowest BCUT2D eigenvalue weighted by Gasteiger charge is -2.10. The maximum absolute atomic E-state index is 12.1. The van der Waals surface area contributed by atoms with Gasteiger partial charge in [-0.2, -0.15) is 0 Å². The van der Waals surface area contributed by atoms with Crippen LogP contribution in [0.3, 0.4) is 0 Å². The molecule has 0 unspecified atom stereocenters. The molecule has 0 saturated carbocycles. The van der Waals surface area contributed by atoms with Crippen molar-refractivity contribution in [3.8, 4) is 5.75 Å². The number of aromatic nitrogens is 1. The van der Waals surface area contributed by atoms with Gasteiger partial charge in [0.2, 0.25) is 0 Å². The number of carboxylic acid groups (broad SMARTS) is 1. The Balaban J connectivity index is 2.33. The van der Waals surface area contributed by atoms with Crippen molar-refractivity contribution in [1.82, 2.24) is 4.98 Å². The molecular formula is C14H12N2O4. The number of aromatic carboxylic acids is 1. The first-order valence-electron chi connectivity index (χ1n) is 5.79. The topological polar surface area (TPSA) is 99.5 Å². The van der Waals surface area contributed by atoms with Gasteiger partial charge in [0.15, 0.2) is 5.69 Å². The van der Waals surface area contributed by atoms with E-state index in [0.29, 0.717) is 5.56 Å². The molecule has 2 rings (SSSR count). The fourth-order valence-corrected chi connectivity index (χ4v) is 1.74. The van der Waals surface area contributed by atoms with E-state index < -0.39 is 11.9 Å². The number of amides is 1. The normalized spacial score (nSPS) is 10.1. The summed E-state index contributed by atoms with van der Waals surface area (Å²) in [5, 5.41) is 21.0. The number of carbonyl (C=O) groups excluding carboxylic acids is 1. The molecule has 6 nitrogen and oxygen atoms in total. The lowest BCUT2D eigenvalue weighted by atomic mass is 10.1. The number of hydrogen-bond acceptors (Lipinski definition) is 4. The smallest absolute Gasteiger partial charge is 0.356 e.